The topological polar surface area (TPSA) is 56.0 Å². The van der Waals surface area contributed by atoms with Gasteiger partial charge in [-0.25, -0.2) is 13.8 Å². The van der Waals surface area contributed by atoms with Gasteiger partial charge in [-0.1, -0.05) is 23.8 Å². The van der Waals surface area contributed by atoms with Crippen LogP contribution in [0.15, 0.2) is 36.5 Å². The zero-order valence-corrected chi connectivity index (χ0v) is 14.6. The molecule has 0 radical (unpaired) electrons. The number of pyridine rings is 1. The molecular weight excluding hydrogens is 341 g/mol. The predicted molar refractivity (Wildman–Crippen MR) is 92.7 cm³/mol. The van der Waals surface area contributed by atoms with Gasteiger partial charge in [-0.3, -0.25) is 4.79 Å². The zero-order valence-electron chi connectivity index (χ0n) is 14.6. The fourth-order valence-corrected chi connectivity index (χ4v) is 3.79. The minimum absolute atomic E-state index is 0.236. The molecule has 1 saturated carbocycles. The molecule has 3 nitrogen and oxygen atoms in total. The van der Waals surface area contributed by atoms with Gasteiger partial charge < -0.3 is 5.73 Å². The Balaban J connectivity index is 2.03. The summed E-state index contributed by atoms with van der Waals surface area (Å²) in [7, 11) is 0. The first-order valence-electron chi connectivity index (χ1n) is 8.60. The number of carbonyl (C=O) groups excluding carboxylic acids is 1. The van der Waals surface area contributed by atoms with E-state index in [1.807, 2.05) is 19.1 Å². The number of hydrogen-bond donors (Lipinski definition) is 1. The summed E-state index contributed by atoms with van der Waals surface area (Å²) in [4.78, 5) is 15.5. The van der Waals surface area contributed by atoms with Gasteiger partial charge in [-0.05, 0) is 49.4 Å². The molecule has 1 aliphatic rings. The average molecular weight is 362 g/mol. The first kappa shape index (κ1) is 18.4. The molecule has 1 aromatic carbocycles. The molecule has 0 atom stereocenters. The molecule has 0 aliphatic heterocycles. The van der Waals surface area contributed by atoms with E-state index in [4.69, 9.17) is 5.73 Å². The van der Waals surface area contributed by atoms with Crippen molar-refractivity contribution in [2.75, 3.05) is 0 Å². The molecule has 1 heterocycles. The predicted octanol–water partition coefficient (Wildman–Crippen LogP) is 4.32. The number of amides is 1. The fourth-order valence-electron chi connectivity index (χ4n) is 3.79. The molecular formula is C20H21F3N2O. The first-order chi connectivity index (χ1) is 12.2. The van der Waals surface area contributed by atoms with Crippen LogP contribution >= 0.6 is 0 Å². The summed E-state index contributed by atoms with van der Waals surface area (Å²) in [5.74, 6) is -3.85. The molecule has 26 heavy (non-hydrogen) atoms. The van der Waals surface area contributed by atoms with E-state index in [1.165, 1.54) is 12.3 Å². The van der Waals surface area contributed by atoms with Gasteiger partial charge in [0.1, 0.15) is 0 Å². The fraction of sp³-hybridized carbons (Fsp3) is 0.400. The molecule has 3 rings (SSSR count). The maximum atomic E-state index is 13.8. The number of alkyl halides is 2. The maximum absolute atomic E-state index is 13.8. The highest BCUT2D eigenvalue weighted by molar-refractivity contribution is 5.94. The number of aromatic nitrogens is 1. The third kappa shape index (κ3) is 3.74. The molecule has 1 fully saturated rings. The van der Waals surface area contributed by atoms with Gasteiger partial charge in [0.25, 0.3) is 0 Å². The Morgan fingerprint density at radius 3 is 2.42 bits per heavy atom. The summed E-state index contributed by atoms with van der Waals surface area (Å²) in [6, 6.07) is 8.25. The second-order valence-electron chi connectivity index (χ2n) is 7.21. The van der Waals surface area contributed by atoms with Crippen LogP contribution in [0.2, 0.25) is 0 Å². The van der Waals surface area contributed by atoms with Gasteiger partial charge >= 0.3 is 0 Å². The summed E-state index contributed by atoms with van der Waals surface area (Å²) in [5, 5.41) is 0. The summed E-state index contributed by atoms with van der Waals surface area (Å²) >= 11 is 0. The van der Waals surface area contributed by atoms with Crippen LogP contribution in [-0.4, -0.2) is 16.8 Å². The van der Waals surface area contributed by atoms with Crippen molar-refractivity contribution in [3.8, 4) is 0 Å². The largest absolute Gasteiger partial charge is 0.366 e. The van der Waals surface area contributed by atoms with E-state index in [-0.39, 0.29) is 25.7 Å². The second-order valence-corrected chi connectivity index (χ2v) is 7.21. The smallest absolute Gasteiger partial charge is 0.248 e. The average Bonchev–Trinajstić information content (AvgIpc) is 2.59. The highest BCUT2D eigenvalue weighted by atomic mass is 19.3. The minimum atomic E-state index is -2.70. The lowest BCUT2D eigenvalue weighted by molar-refractivity contribution is -0.0522. The van der Waals surface area contributed by atoms with Crippen molar-refractivity contribution >= 4 is 5.91 Å². The van der Waals surface area contributed by atoms with Crippen LogP contribution in [0, 0.1) is 12.9 Å². The van der Waals surface area contributed by atoms with Crippen molar-refractivity contribution < 1.29 is 18.0 Å². The Morgan fingerprint density at radius 1 is 1.15 bits per heavy atom. The number of primary amides is 1. The summed E-state index contributed by atoms with van der Waals surface area (Å²) in [6.45, 7) is 1.86. The van der Waals surface area contributed by atoms with Crippen molar-refractivity contribution in [2.24, 2.45) is 5.73 Å². The molecule has 0 spiro atoms. The zero-order chi connectivity index (χ0) is 18.9. The van der Waals surface area contributed by atoms with E-state index in [2.05, 4.69) is 4.98 Å². The van der Waals surface area contributed by atoms with Crippen LogP contribution in [0.4, 0.5) is 13.2 Å². The molecule has 6 heteroatoms. The van der Waals surface area contributed by atoms with Crippen LogP contribution in [0.25, 0.3) is 0 Å². The van der Waals surface area contributed by atoms with Crippen molar-refractivity contribution in [1.29, 1.82) is 0 Å². The maximum Gasteiger partial charge on any atom is 0.248 e. The highest BCUT2D eigenvalue weighted by Gasteiger charge is 2.44. The van der Waals surface area contributed by atoms with E-state index in [1.54, 1.807) is 12.1 Å². The number of nitrogens with two attached hydrogens (primary N) is 1. The Hall–Kier alpha value is -2.37. The molecule has 1 aliphatic carbocycles. The number of rotatable bonds is 4. The van der Waals surface area contributed by atoms with Crippen molar-refractivity contribution in [2.45, 2.75) is 50.4 Å². The Morgan fingerprint density at radius 2 is 1.85 bits per heavy atom. The molecule has 1 aromatic heterocycles. The van der Waals surface area contributed by atoms with Crippen LogP contribution in [0.1, 0.15) is 52.7 Å². The molecule has 2 aromatic rings. The van der Waals surface area contributed by atoms with Crippen LogP contribution in [0.3, 0.4) is 0 Å². The molecule has 0 unspecified atom stereocenters. The van der Waals surface area contributed by atoms with E-state index in [0.717, 1.165) is 11.1 Å². The summed E-state index contributed by atoms with van der Waals surface area (Å²) in [5.41, 5.74) is 7.62. The lowest BCUT2D eigenvalue weighted by Gasteiger charge is -2.41. The monoisotopic (exact) mass is 362 g/mol. The highest BCUT2D eigenvalue weighted by Crippen LogP contribution is 2.47. The Labute approximate surface area is 150 Å². The third-order valence-electron chi connectivity index (χ3n) is 5.34. The standard InChI is InChI=1S/C20H21F3N2O/c1-13-2-3-14(16(10-13)18(24)26)11-19(6-8-20(22,23)9-7-19)15-4-5-17(21)25-12-15/h2-5,10,12H,6-9,11H2,1H3,(H2,24,26). The van der Waals surface area contributed by atoms with Gasteiger partial charge in [-0.2, -0.15) is 4.39 Å². The van der Waals surface area contributed by atoms with Crippen LogP contribution < -0.4 is 5.73 Å². The summed E-state index contributed by atoms with van der Waals surface area (Å²) < 4.78 is 40.8. The number of hydrogen-bond acceptors (Lipinski definition) is 2. The Kier molecular flexibility index (Phi) is 4.78. The van der Waals surface area contributed by atoms with Crippen LogP contribution in [-0.2, 0) is 11.8 Å². The van der Waals surface area contributed by atoms with E-state index >= 15 is 0 Å². The molecule has 138 valence electrons. The van der Waals surface area contributed by atoms with E-state index < -0.39 is 23.2 Å². The van der Waals surface area contributed by atoms with E-state index in [9.17, 15) is 18.0 Å². The van der Waals surface area contributed by atoms with Gasteiger partial charge in [0, 0.05) is 30.0 Å². The van der Waals surface area contributed by atoms with Crippen LogP contribution in [0.5, 0.6) is 0 Å². The van der Waals surface area contributed by atoms with Gasteiger partial charge in [0.05, 0.1) is 0 Å². The van der Waals surface area contributed by atoms with Gasteiger partial charge in [-0.15, -0.1) is 0 Å². The minimum Gasteiger partial charge on any atom is -0.366 e. The molecule has 0 bridgehead atoms. The number of aryl methyl sites for hydroxylation is 1. The molecule has 0 saturated heterocycles. The SMILES string of the molecule is Cc1ccc(CC2(c3ccc(F)nc3)CCC(F)(F)CC2)c(C(N)=O)c1. The van der Waals surface area contributed by atoms with Gasteiger partial charge in [0.15, 0.2) is 0 Å². The second kappa shape index (κ2) is 6.74. The van der Waals surface area contributed by atoms with E-state index in [0.29, 0.717) is 17.5 Å². The molecule has 2 N–H and O–H groups in total. The lowest BCUT2D eigenvalue weighted by Crippen LogP contribution is -2.39. The number of halogens is 3. The number of nitrogens with zero attached hydrogens (tertiary/aromatic N) is 1. The normalized spacial score (nSPS) is 18.5. The van der Waals surface area contributed by atoms with Crippen molar-refractivity contribution in [3.05, 3.63) is 64.7 Å². The summed E-state index contributed by atoms with van der Waals surface area (Å²) in [6.07, 6.45) is 1.77. The molecule has 1 amide bonds. The number of carbonyl (C=O) groups is 1. The van der Waals surface area contributed by atoms with Crippen molar-refractivity contribution in [1.82, 2.24) is 4.98 Å². The first-order valence-corrected chi connectivity index (χ1v) is 8.60. The Bertz CT molecular complexity index is 808. The van der Waals surface area contributed by atoms with Crippen molar-refractivity contribution in [3.63, 3.8) is 0 Å². The van der Waals surface area contributed by atoms with Gasteiger partial charge in [0.2, 0.25) is 17.8 Å². The quantitative estimate of drug-likeness (QED) is 0.824. The lowest BCUT2D eigenvalue weighted by atomic mass is 9.65. The third-order valence-corrected chi connectivity index (χ3v) is 5.34. The number of benzene rings is 1.